The van der Waals surface area contributed by atoms with Crippen LogP contribution in [-0.4, -0.2) is 12.5 Å². The minimum absolute atomic E-state index is 0.0267. The van der Waals surface area contributed by atoms with Crippen LogP contribution in [0.15, 0.2) is 18.2 Å². The van der Waals surface area contributed by atoms with Gasteiger partial charge in [0.25, 0.3) is 0 Å². The number of primary amides is 1. The molecule has 0 fully saturated rings. The fraction of sp³-hybridized carbons (Fsp3) is 0.125. The fourth-order valence-electron chi connectivity index (χ4n) is 0.795. The first-order valence-electron chi connectivity index (χ1n) is 3.57. The molecule has 0 aliphatic rings. The smallest absolute Gasteiger partial charge is 0.236 e. The van der Waals surface area contributed by atoms with E-state index >= 15 is 0 Å². The summed E-state index contributed by atoms with van der Waals surface area (Å²) in [7, 11) is 0. The van der Waals surface area contributed by atoms with Gasteiger partial charge in [-0.1, -0.05) is 11.6 Å². The summed E-state index contributed by atoms with van der Waals surface area (Å²) in [6, 6.07) is 4.17. The molecule has 1 aromatic carbocycles. The molecule has 0 bridgehead atoms. The van der Waals surface area contributed by atoms with Gasteiger partial charge >= 0.3 is 0 Å². The molecule has 1 rings (SSSR count). The fourth-order valence-corrected chi connectivity index (χ4v) is 0.913. The average Bonchev–Trinajstić information content (AvgIpc) is 2.07. The van der Waals surface area contributed by atoms with Gasteiger partial charge in [0.1, 0.15) is 5.82 Å². The van der Waals surface area contributed by atoms with Gasteiger partial charge in [-0.3, -0.25) is 4.79 Å². The van der Waals surface area contributed by atoms with E-state index in [4.69, 9.17) is 17.3 Å². The van der Waals surface area contributed by atoms with Crippen LogP contribution in [0.5, 0.6) is 0 Å². The molecule has 1 aromatic rings. The van der Waals surface area contributed by atoms with Crippen molar-refractivity contribution in [3.8, 4) is 0 Å². The zero-order valence-electron chi connectivity index (χ0n) is 6.68. The Morgan fingerprint density at radius 2 is 2.31 bits per heavy atom. The van der Waals surface area contributed by atoms with Crippen molar-refractivity contribution in [1.82, 2.24) is 0 Å². The van der Waals surface area contributed by atoms with Crippen molar-refractivity contribution in [2.45, 2.75) is 0 Å². The highest BCUT2D eigenvalue weighted by Crippen LogP contribution is 2.18. The molecule has 0 heterocycles. The summed E-state index contributed by atoms with van der Waals surface area (Å²) in [6.45, 7) is -0.0267. The molecule has 0 aliphatic heterocycles. The molecule has 3 nitrogen and oxygen atoms in total. The van der Waals surface area contributed by atoms with E-state index in [1.54, 1.807) is 6.07 Å². The van der Waals surface area contributed by atoms with E-state index in [-0.39, 0.29) is 11.6 Å². The second-order valence-electron chi connectivity index (χ2n) is 2.45. The van der Waals surface area contributed by atoms with E-state index in [0.717, 1.165) is 0 Å². The van der Waals surface area contributed by atoms with Crippen LogP contribution >= 0.6 is 11.6 Å². The van der Waals surface area contributed by atoms with Crippen molar-refractivity contribution >= 4 is 23.2 Å². The van der Waals surface area contributed by atoms with Crippen molar-refractivity contribution in [2.24, 2.45) is 5.73 Å². The Morgan fingerprint density at radius 1 is 1.62 bits per heavy atom. The third-order valence-corrected chi connectivity index (χ3v) is 1.69. The largest absolute Gasteiger partial charge is 0.376 e. The molecule has 0 aromatic heterocycles. The highest BCUT2D eigenvalue weighted by atomic mass is 35.5. The van der Waals surface area contributed by atoms with Crippen LogP contribution in [0.2, 0.25) is 5.02 Å². The summed E-state index contributed by atoms with van der Waals surface area (Å²) >= 11 is 5.45. The van der Waals surface area contributed by atoms with Crippen LogP contribution in [0.1, 0.15) is 0 Å². The molecule has 0 saturated heterocycles. The maximum absolute atomic E-state index is 12.8. The maximum atomic E-state index is 12.8. The first-order chi connectivity index (χ1) is 6.09. The summed E-state index contributed by atoms with van der Waals surface area (Å²) in [5, 5.41) is 2.68. The first kappa shape index (κ1) is 9.80. The van der Waals surface area contributed by atoms with Crippen LogP contribution in [0.25, 0.3) is 0 Å². The van der Waals surface area contributed by atoms with Gasteiger partial charge in [-0.2, -0.15) is 0 Å². The zero-order chi connectivity index (χ0) is 9.84. The standard InChI is InChI=1S/C8H8ClFN2O/c9-6-2-1-5(3-7(6)10)12-4-8(11)13/h1-3,12H,4H2,(H2,11,13). The molecule has 0 saturated carbocycles. The molecule has 0 radical (unpaired) electrons. The Bertz CT molecular complexity index is 330. The van der Waals surface area contributed by atoms with Crippen LogP contribution in [0, 0.1) is 5.82 Å². The monoisotopic (exact) mass is 202 g/mol. The van der Waals surface area contributed by atoms with Gasteiger partial charge in [-0.15, -0.1) is 0 Å². The van der Waals surface area contributed by atoms with Gasteiger partial charge in [0.05, 0.1) is 11.6 Å². The number of amides is 1. The van der Waals surface area contributed by atoms with Crippen molar-refractivity contribution < 1.29 is 9.18 Å². The lowest BCUT2D eigenvalue weighted by Gasteiger charge is -2.03. The van der Waals surface area contributed by atoms with E-state index in [2.05, 4.69) is 5.32 Å². The molecule has 0 atom stereocenters. The molecule has 0 unspecified atom stereocenters. The number of hydrogen-bond acceptors (Lipinski definition) is 2. The molecule has 0 aliphatic carbocycles. The van der Waals surface area contributed by atoms with Crippen molar-refractivity contribution in [1.29, 1.82) is 0 Å². The second-order valence-corrected chi connectivity index (χ2v) is 2.86. The van der Waals surface area contributed by atoms with Crippen LogP contribution < -0.4 is 11.1 Å². The van der Waals surface area contributed by atoms with Gasteiger partial charge in [-0.05, 0) is 18.2 Å². The SMILES string of the molecule is NC(=O)CNc1ccc(Cl)c(F)c1. The molecular formula is C8H8ClFN2O. The molecule has 70 valence electrons. The molecular weight excluding hydrogens is 195 g/mol. The number of rotatable bonds is 3. The Hall–Kier alpha value is -1.29. The van der Waals surface area contributed by atoms with Gasteiger partial charge in [0, 0.05) is 5.69 Å². The highest BCUT2D eigenvalue weighted by Gasteiger charge is 2.00. The van der Waals surface area contributed by atoms with Crippen molar-refractivity contribution in [3.05, 3.63) is 29.0 Å². The number of halogens is 2. The topological polar surface area (TPSA) is 55.1 Å². The number of hydrogen-bond donors (Lipinski definition) is 2. The first-order valence-corrected chi connectivity index (χ1v) is 3.94. The van der Waals surface area contributed by atoms with Gasteiger partial charge in [0.2, 0.25) is 5.91 Å². The molecule has 0 spiro atoms. The van der Waals surface area contributed by atoms with E-state index in [1.807, 2.05) is 0 Å². The summed E-state index contributed by atoms with van der Waals surface area (Å²) in [6.07, 6.45) is 0. The molecule has 1 amide bonds. The second kappa shape index (κ2) is 4.09. The normalized spacial score (nSPS) is 9.69. The number of carbonyl (C=O) groups is 1. The maximum Gasteiger partial charge on any atom is 0.236 e. The lowest BCUT2D eigenvalue weighted by Crippen LogP contribution is -2.21. The van der Waals surface area contributed by atoms with Crippen molar-refractivity contribution in [2.75, 3.05) is 11.9 Å². The molecule has 3 N–H and O–H groups in total. The molecule has 5 heteroatoms. The third-order valence-electron chi connectivity index (χ3n) is 1.39. The number of nitrogens with two attached hydrogens (primary N) is 1. The summed E-state index contributed by atoms with van der Waals surface area (Å²) in [4.78, 5) is 10.4. The predicted octanol–water partition coefficient (Wildman–Crippen LogP) is 1.38. The van der Waals surface area contributed by atoms with E-state index in [1.165, 1.54) is 12.1 Å². The van der Waals surface area contributed by atoms with E-state index in [9.17, 15) is 9.18 Å². The Labute approximate surface area is 79.7 Å². The van der Waals surface area contributed by atoms with Crippen LogP contribution in [0.3, 0.4) is 0 Å². The van der Waals surface area contributed by atoms with Gasteiger partial charge in [0.15, 0.2) is 0 Å². The highest BCUT2D eigenvalue weighted by molar-refractivity contribution is 6.30. The predicted molar refractivity (Wildman–Crippen MR) is 49.1 cm³/mol. The minimum Gasteiger partial charge on any atom is -0.376 e. The number of benzene rings is 1. The minimum atomic E-state index is -0.531. The summed E-state index contributed by atoms with van der Waals surface area (Å²) in [5.74, 6) is -1.04. The van der Waals surface area contributed by atoms with Gasteiger partial charge < -0.3 is 11.1 Å². The average molecular weight is 203 g/mol. The third kappa shape index (κ3) is 2.91. The van der Waals surface area contributed by atoms with Crippen LogP contribution in [-0.2, 0) is 4.79 Å². The number of carbonyl (C=O) groups excluding carboxylic acids is 1. The van der Waals surface area contributed by atoms with Gasteiger partial charge in [-0.25, -0.2) is 4.39 Å². The summed E-state index contributed by atoms with van der Waals surface area (Å²) < 4.78 is 12.8. The molecule has 13 heavy (non-hydrogen) atoms. The van der Waals surface area contributed by atoms with E-state index in [0.29, 0.717) is 5.69 Å². The van der Waals surface area contributed by atoms with Crippen LogP contribution in [0.4, 0.5) is 10.1 Å². The Balaban J connectivity index is 2.68. The van der Waals surface area contributed by atoms with E-state index < -0.39 is 11.7 Å². The Morgan fingerprint density at radius 3 is 2.85 bits per heavy atom. The zero-order valence-corrected chi connectivity index (χ0v) is 7.44. The lowest BCUT2D eigenvalue weighted by atomic mass is 10.3. The lowest BCUT2D eigenvalue weighted by molar-refractivity contribution is -0.116. The van der Waals surface area contributed by atoms with Crippen molar-refractivity contribution in [3.63, 3.8) is 0 Å². The summed E-state index contributed by atoms with van der Waals surface area (Å²) in [5.41, 5.74) is 5.36. The number of anilines is 1. The number of nitrogens with one attached hydrogen (secondary N) is 1. The Kier molecular flexibility index (Phi) is 3.08. The quantitative estimate of drug-likeness (QED) is 0.778.